The van der Waals surface area contributed by atoms with Crippen LogP contribution in [0, 0.1) is 6.92 Å². The quantitative estimate of drug-likeness (QED) is 0.820. The lowest BCUT2D eigenvalue weighted by atomic mass is 10.1. The summed E-state index contributed by atoms with van der Waals surface area (Å²) in [5.41, 5.74) is 1.69. The van der Waals surface area contributed by atoms with Gasteiger partial charge in [-0.25, -0.2) is 0 Å². The van der Waals surface area contributed by atoms with Crippen LogP contribution in [-0.4, -0.2) is 17.8 Å². The molecule has 17 heavy (non-hydrogen) atoms. The molecule has 1 N–H and O–H groups in total. The van der Waals surface area contributed by atoms with Gasteiger partial charge in [-0.15, -0.1) is 11.6 Å². The monoisotopic (exact) mass is 317 g/mol. The number of benzene rings is 1. The molecule has 0 saturated heterocycles. The van der Waals surface area contributed by atoms with E-state index in [1.165, 1.54) is 0 Å². The molecule has 1 rings (SSSR count). The Labute approximate surface area is 116 Å². The van der Waals surface area contributed by atoms with E-state index in [1.54, 1.807) is 0 Å². The van der Waals surface area contributed by atoms with Gasteiger partial charge in [-0.1, -0.05) is 22.9 Å². The molecular formula is C13H17BrClNO. The molecule has 4 heteroatoms. The molecule has 0 fully saturated rings. The smallest absolute Gasteiger partial charge is 0.251 e. The van der Waals surface area contributed by atoms with Gasteiger partial charge in [0.2, 0.25) is 0 Å². The van der Waals surface area contributed by atoms with Gasteiger partial charge >= 0.3 is 0 Å². The Hall–Kier alpha value is -0.540. The number of hydrogen-bond donors (Lipinski definition) is 1. The predicted molar refractivity (Wildman–Crippen MR) is 75.8 cm³/mol. The average molecular weight is 319 g/mol. The molecule has 0 bridgehead atoms. The molecule has 0 heterocycles. The number of carbonyl (C=O) groups is 1. The van der Waals surface area contributed by atoms with Crippen molar-refractivity contribution in [3.8, 4) is 0 Å². The Morgan fingerprint density at radius 3 is 2.76 bits per heavy atom. The summed E-state index contributed by atoms with van der Waals surface area (Å²) < 4.78 is 0.986. The molecule has 0 saturated carbocycles. The molecule has 1 aromatic carbocycles. The molecule has 1 amide bonds. The molecule has 0 spiro atoms. The van der Waals surface area contributed by atoms with E-state index in [2.05, 4.69) is 21.2 Å². The van der Waals surface area contributed by atoms with Crippen LogP contribution in [0.25, 0.3) is 0 Å². The largest absolute Gasteiger partial charge is 0.349 e. The van der Waals surface area contributed by atoms with Gasteiger partial charge in [-0.2, -0.15) is 0 Å². The van der Waals surface area contributed by atoms with Crippen molar-refractivity contribution in [2.45, 2.75) is 32.7 Å². The number of halogens is 2. The zero-order valence-electron chi connectivity index (χ0n) is 10.1. The van der Waals surface area contributed by atoms with Crippen molar-refractivity contribution in [3.63, 3.8) is 0 Å². The maximum atomic E-state index is 12.1. The van der Waals surface area contributed by atoms with Crippen molar-refractivity contribution < 1.29 is 4.79 Å². The van der Waals surface area contributed by atoms with Crippen LogP contribution in [0.5, 0.6) is 0 Å². The van der Waals surface area contributed by atoms with E-state index in [0.29, 0.717) is 5.88 Å². The number of carbonyl (C=O) groups excluding carboxylic acids is 1. The second-order valence-corrected chi connectivity index (χ2v) is 5.31. The van der Waals surface area contributed by atoms with Crippen molar-refractivity contribution >= 4 is 33.4 Å². The fourth-order valence-corrected chi connectivity index (χ4v) is 2.39. The molecule has 0 aliphatic rings. The minimum Gasteiger partial charge on any atom is -0.349 e. The standard InChI is InChI=1S/C13H17BrClNO/c1-3-11(6-7-15)16-13(17)12-5-4-10(14)8-9(12)2/h4-5,8,11H,3,6-7H2,1-2H3,(H,16,17). The van der Waals surface area contributed by atoms with Gasteiger partial charge in [0.1, 0.15) is 0 Å². The molecule has 1 unspecified atom stereocenters. The molecular weight excluding hydrogens is 302 g/mol. The number of rotatable bonds is 5. The van der Waals surface area contributed by atoms with Gasteiger partial charge in [0.25, 0.3) is 5.91 Å². The molecule has 0 aromatic heterocycles. The van der Waals surface area contributed by atoms with Crippen LogP contribution in [0.3, 0.4) is 0 Å². The summed E-state index contributed by atoms with van der Waals surface area (Å²) in [5, 5.41) is 3.01. The Balaban J connectivity index is 2.75. The molecule has 2 nitrogen and oxygen atoms in total. The Morgan fingerprint density at radius 2 is 2.24 bits per heavy atom. The lowest BCUT2D eigenvalue weighted by molar-refractivity contribution is 0.0934. The highest BCUT2D eigenvalue weighted by atomic mass is 79.9. The van der Waals surface area contributed by atoms with Crippen LogP contribution in [0.15, 0.2) is 22.7 Å². The first-order valence-electron chi connectivity index (χ1n) is 5.71. The second kappa shape index (κ2) is 7.02. The van der Waals surface area contributed by atoms with Gasteiger partial charge < -0.3 is 5.32 Å². The van der Waals surface area contributed by atoms with Crippen LogP contribution >= 0.6 is 27.5 Å². The van der Waals surface area contributed by atoms with E-state index >= 15 is 0 Å². The van der Waals surface area contributed by atoms with Crippen molar-refractivity contribution in [3.05, 3.63) is 33.8 Å². The fourth-order valence-electron chi connectivity index (χ4n) is 1.66. The van der Waals surface area contributed by atoms with Crippen LogP contribution in [0.1, 0.15) is 35.7 Å². The molecule has 94 valence electrons. The SMILES string of the molecule is CCC(CCCl)NC(=O)c1ccc(Br)cc1C. The third-order valence-corrected chi connectivity index (χ3v) is 3.43. The Bertz CT molecular complexity index is 395. The van der Waals surface area contributed by atoms with Crippen molar-refractivity contribution in [1.29, 1.82) is 0 Å². The first-order valence-corrected chi connectivity index (χ1v) is 7.04. The lowest BCUT2D eigenvalue weighted by Crippen LogP contribution is -2.35. The van der Waals surface area contributed by atoms with Crippen LogP contribution < -0.4 is 5.32 Å². The van der Waals surface area contributed by atoms with Crippen molar-refractivity contribution in [2.75, 3.05) is 5.88 Å². The molecule has 1 aromatic rings. The number of aryl methyl sites for hydroxylation is 1. The minimum absolute atomic E-state index is 0.0213. The van der Waals surface area contributed by atoms with E-state index < -0.39 is 0 Å². The van der Waals surface area contributed by atoms with Gasteiger partial charge in [-0.05, 0) is 43.5 Å². The third-order valence-electron chi connectivity index (χ3n) is 2.72. The van der Waals surface area contributed by atoms with Gasteiger partial charge in [-0.3, -0.25) is 4.79 Å². The normalized spacial score (nSPS) is 12.2. The van der Waals surface area contributed by atoms with E-state index in [4.69, 9.17) is 11.6 Å². The van der Waals surface area contributed by atoms with Gasteiger partial charge in [0, 0.05) is 22.0 Å². The summed E-state index contributed by atoms with van der Waals surface area (Å²) in [4.78, 5) is 12.1. The predicted octanol–water partition coefficient (Wildman–Crippen LogP) is 3.89. The number of alkyl halides is 1. The van der Waals surface area contributed by atoms with Gasteiger partial charge in [0.05, 0.1) is 0 Å². The molecule has 0 aliphatic heterocycles. The topological polar surface area (TPSA) is 29.1 Å². The Morgan fingerprint density at radius 1 is 1.53 bits per heavy atom. The zero-order chi connectivity index (χ0) is 12.8. The molecule has 0 aliphatic carbocycles. The van der Waals surface area contributed by atoms with Gasteiger partial charge in [0.15, 0.2) is 0 Å². The number of nitrogens with one attached hydrogen (secondary N) is 1. The van der Waals surface area contributed by atoms with Crippen LogP contribution in [-0.2, 0) is 0 Å². The highest BCUT2D eigenvalue weighted by molar-refractivity contribution is 9.10. The molecule has 1 atom stereocenters. The van der Waals surface area contributed by atoms with E-state index in [1.807, 2.05) is 32.0 Å². The fraction of sp³-hybridized carbons (Fsp3) is 0.462. The molecule has 0 radical (unpaired) electrons. The first-order chi connectivity index (χ1) is 8.08. The maximum Gasteiger partial charge on any atom is 0.251 e. The second-order valence-electron chi connectivity index (χ2n) is 4.02. The average Bonchev–Trinajstić information content (AvgIpc) is 2.28. The highest BCUT2D eigenvalue weighted by Gasteiger charge is 2.13. The lowest BCUT2D eigenvalue weighted by Gasteiger charge is -2.16. The van der Waals surface area contributed by atoms with Crippen molar-refractivity contribution in [1.82, 2.24) is 5.32 Å². The zero-order valence-corrected chi connectivity index (χ0v) is 12.4. The summed E-state index contributed by atoms with van der Waals surface area (Å²) in [6.07, 6.45) is 1.70. The Kier molecular flexibility index (Phi) is 6.00. The minimum atomic E-state index is -0.0213. The summed E-state index contributed by atoms with van der Waals surface area (Å²) in [7, 11) is 0. The number of hydrogen-bond acceptors (Lipinski definition) is 1. The number of amides is 1. The summed E-state index contributed by atoms with van der Waals surface area (Å²) in [6, 6.07) is 5.81. The van der Waals surface area contributed by atoms with Crippen LogP contribution in [0.2, 0.25) is 0 Å². The highest BCUT2D eigenvalue weighted by Crippen LogP contribution is 2.16. The van der Waals surface area contributed by atoms with E-state index in [-0.39, 0.29) is 11.9 Å². The first kappa shape index (κ1) is 14.5. The summed E-state index contributed by atoms with van der Waals surface area (Å²) >= 11 is 9.08. The summed E-state index contributed by atoms with van der Waals surface area (Å²) in [6.45, 7) is 3.98. The maximum absolute atomic E-state index is 12.1. The van der Waals surface area contributed by atoms with Crippen LogP contribution in [0.4, 0.5) is 0 Å². The van der Waals surface area contributed by atoms with Crippen molar-refractivity contribution in [2.24, 2.45) is 0 Å². The summed E-state index contributed by atoms with van der Waals surface area (Å²) in [5.74, 6) is 0.546. The van der Waals surface area contributed by atoms with E-state index in [0.717, 1.165) is 28.4 Å². The third kappa shape index (κ3) is 4.32. The van der Waals surface area contributed by atoms with E-state index in [9.17, 15) is 4.79 Å².